The maximum atomic E-state index is 8.86. The summed E-state index contributed by atoms with van der Waals surface area (Å²) in [5.74, 6) is 0. The molecule has 15 heavy (non-hydrogen) atoms. The summed E-state index contributed by atoms with van der Waals surface area (Å²) in [5.41, 5.74) is 0.165. The zero-order chi connectivity index (χ0) is 11.7. The lowest BCUT2D eigenvalue weighted by atomic mass is 9.87. The molecule has 0 aliphatic heterocycles. The second-order valence-corrected chi connectivity index (χ2v) is 4.82. The number of rotatable bonds is 8. The molecule has 0 spiro atoms. The minimum atomic E-state index is 0.165. The van der Waals surface area contributed by atoms with Crippen LogP contribution < -0.4 is 5.32 Å². The number of nitrogens with one attached hydrogen (secondary N) is 1. The van der Waals surface area contributed by atoms with Crippen molar-refractivity contribution in [2.24, 2.45) is 5.41 Å². The Bertz CT molecular complexity index is 196. The van der Waals surface area contributed by atoms with Crippen LogP contribution in [0, 0.1) is 16.7 Å². The minimum Gasteiger partial charge on any atom is -0.396 e. The van der Waals surface area contributed by atoms with E-state index in [0.29, 0.717) is 12.5 Å². The topological polar surface area (TPSA) is 56.0 Å². The van der Waals surface area contributed by atoms with Gasteiger partial charge in [0.15, 0.2) is 0 Å². The molecule has 0 radical (unpaired) electrons. The molecule has 0 aromatic heterocycles. The van der Waals surface area contributed by atoms with Gasteiger partial charge in [-0.05, 0) is 24.7 Å². The van der Waals surface area contributed by atoms with Gasteiger partial charge in [-0.3, -0.25) is 0 Å². The van der Waals surface area contributed by atoms with Gasteiger partial charge in [0.2, 0.25) is 0 Å². The normalized spacial score (nSPS) is 13.5. The van der Waals surface area contributed by atoms with Crippen LogP contribution in [0.3, 0.4) is 0 Å². The minimum absolute atomic E-state index is 0.165. The third-order valence-corrected chi connectivity index (χ3v) is 2.75. The fourth-order valence-corrected chi connectivity index (χ4v) is 1.51. The number of hydrogen-bond acceptors (Lipinski definition) is 3. The summed E-state index contributed by atoms with van der Waals surface area (Å²) in [6, 6.07) is 2.58. The number of aliphatic hydroxyl groups excluding tert-OH is 1. The highest BCUT2D eigenvalue weighted by Crippen LogP contribution is 2.21. The molecule has 0 saturated heterocycles. The molecule has 0 aliphatic carbocycles. The van der Waals surface area contributed by atoms with Crippen molar-refractivity contribution in [1.82, 2.24) is 5.32 Å². The van der Waals surface area contributed by atoms with Gasteiger partial charge in [-0.25, -0.2) is 0 Å². The van der Waals surface area contributed by atoms with Crippen molar-refractivity contribution in [3.05, 3.63) is 0 Å². The van der Waals surface area contributed by atoms with Gasteiger partial charge < -0.3 is 10.4 Å². The second-order valence-electron chi connectivity index (χ2n) is 4.82. The molecule has 0 aliphatic rings. The van der Waals surface area contributed by atoms with Crippen molar-refractivity contribution in [3.8, 4) is 6.07 Å². The zero-order valence-electron chi connectivity index (χ0n) is 10.2. The molecule has 0 fully saturated rings. The molecular formula is C12H24N2O. The van der Waals surface area contributed by atoms with Crippen molar-refractivity contribution in [3.63, 3.8) is 0 Å². The standard InChI is InChI=1S/C12H24N2O/c1-4-11(6-9-15)14-10-12(2,3)7-5-8-13/h11,14-15H,4-7,9-10H2,1-3H3. The van der Waals surface area contributed by atoms with Gasteiger partial charge in [-0.1, -0.05) is 20.8 Å². The van der Waals surface area contributed by atoms with Crippen LogP contribution in [-0.4, -0.2) is 24.3 Å². The summed E-state index contributed by atoms with van der Waals surface area (Å²) < 4.78 is 0. The van der Waals surface area contributed by atoms with E-state index in [4.69, 9.17) is 10.4 Å². The first-order valence-corrected chi connectivity index (χ1v) is 5.77. The number of hydrogen-bond donors (Lipinski definition) is 2. The predicted molar refractivity (Wildman–Crippen MR) is 62.4 cm³/mol. The average Bonchev–Trinajstić information content (AvgIpc) is 2.21. The van der Waals surface area contributed by atoms with Gasteiger partial charge in [0.25, 0.3) is 0 Å². The Morgan fingerprint density at radius 2 is 2.13 bits per heavy atom. The fourth-order valence-electron chi connectivity index (χ4n) is 1.51. The van der Waals surface area contributed by atoms with Crippen LogP contribution in [0.15, 0.2) is 0 Å². The summed E-state index contributed by atoms with van der Waals surface area (Å²) >= 11 is 0. The van der Waals surface area contributed by atoms with Crippen LogP contribution in [-0.2, 0) is 0 Å². The van der Waals surface area contributed by atoms with E-state index in [-0.39, 0.29) is 12.0 Å². The second kappa shape index (κ2) is 7.67. The van der Waals surface area contributed by atoms with Crippen molar-refractivity contribution in [2.45, 2.75) is 52.5 Å². The van der Waals surface area contributed by atoms with Gasteiger partial charge in [0.05, 0.1) is 6.07 Å². The van der Waals surface area contributed by atoms with Crippen LogP contribution in [0.4, 0.5) is 0 Å². The Morgan fingerprint density at radius 3 is 2.60 bits per heavy atom. The smallest absolute Gasteiger partial charge is 0.0621 e. The summed E-state index contributed by atoms with van der Waals surface area (Å²) in [6.07, 6.45) is 3.39. The third-order valence-electron chi connectivity index (χ3n) is 2.75. The molecule has 0 rings (SSSR count). The van der Waals surface area contributed by atoms with Gasteiger partial charge in [-0.15, -0.1) is 0 Å². The van der Waals surface area contributed by atoms with Crippen LogP contribution in [0.5, 0.6) is 0 Å². The maximum absolute atomic E-state index is 8.86. The van der Waals surface area contributed by atoms with Gasteiger partial charge in [0, 0.05) is 25.6 Å². The Morgan fingerprint density at radius 1 is 1.47 bits per heavy atom. The monoisotopic (exact) mass is 212 g/mol. The Labute approximate surface area is 93.5 Å². The molecule has 3 nitrogen and oxygen atoms in total. The van der Waals surface area contributed by atoms with E-state index >= 15 is 0 Å². The summed E-state index contributed by atoms with van der Waals surface area (Å²) in [4.78, 5) is 0. The molecule has 0 aromatic rings. The molecule has 1 atom stereocenters. The largest absolute Gasteiger partial charge is 0.396 e. The first-order valence-electron chi connectivity index (χ1n) is 5.77. The van der Waals surface area contributed by atoms with E-state index in [9.17, 15) is 0 Å². The lowest BCUT2D eigenvalue weighted by molar-refractivity contribution is 0.243. The van der Waals surface area contributed by atoms with Crippen LogP contribution in [0.25, 0.3) is 0 Å². The third kappa shape index (κ3) is 7.35. The lowest BCUT2D eigenvalue weighted by Crippen LogP contribution is -2.37. The molecule has 88 valence electrons. The van der Waals surface area contributed by atoms with E-state index in [1.165, 1.54) is 0 Å². The maximum Gasteiger partial charge on any atom is 0.0621 e. The van der Waals surface area contributed by atoms with E-state index in [0.717, 1.165) is 25.8 Å². The predicted octanol–water partition coefficient (Wildman–Crippen LogP) is 2.07. The van der Waals surface area contributed by atoms with Crippen LogP contribution in [0.1, 0.15) is 46.5 Å². The summed E-state index contributed by atoms with van der Waals surface area (Å²) in [5, 5.41) is 20.8. The summed E-state index contributed by atoms with van der Waals surface area (Å²) in [7, 11) is 0. The fraction of sp³-hybridized carbons (Fsp3) is 0.917. The average molecular weight is 212 g/mol. The molecule has 3 heteroatoms. The number of nitrogens with zero attached hydrogens (tertiary/aromatic N) is 1. The molecular weight excluding hydrogens is 188 g/mol. The molecule has 1 unspecified atom stereocenters. The number of aliphatic hydroxyl groups is 1. The van der Waals surface area contributed by atoms with E-state index < -0.39 is 0 Å². The molecule has 0 bridgehead atoms. The zero-order valence-corrected chi connectivity index (χ0v) is 10.2. The molecule has 0 aromatic carbocycles. The summed E-state index contributed by atoms with van der Waals surface area (Å²) in [6.45, 7) is 7.61. The molecule has 0 saturated carbocycles. The first-order chi connectivity index (χ1) is 7.05. The van der Waals surface area contributed by atoms with Crippen molar-refractivity contribution < 1.29 is 5.11 Å². The Hall–Kier alpha value is -0.590. The lowest BCUT2D eigenvalue weighted by Gasteiger charge is -2.27. The Balaban J connectivity index is 3.84. The highest BCUT2D eigenvalue weighted by atomic mass is 16.3. The molecule has 0 amide bonds. The van der Waals surface area contributed by atoms with E-state index in [2.05, 4.69) is 32.2 Å². The van der Waals surface area contributed by atoms with Crippen molar-refractivity contribution >= 4 is 0 Å². The van der Waals surface area contributed by atoms with Gasteiger partial charge >= 0.3 is 0 Å². The number of nitriles is 1. The van der Waals surface area contributed by atoms with Crippen molar-refractivity contribution in [1.29, 1.82) is 5.26 Å². The highest BCUT2D eigenvalue weighted by Gasteiger charge is 2.18. The van der Waals surface area contributed by atoms with Gasteiger partial charge in [0.1, 0.15) is 0 Å². The first kappa shape index (κ1) is 14.4. The van der Waals surface area contributed by atoms with Crippen LogP contribution in [0.2, 0.25) is 0 Å². The van der Waals surface area contributed by atoms with Gasteiger partial charge in [-0.2, -0.15) is 5.26 Å². The Kier molecular flexibility index (Phi) is 7.37. The quantitative estimate of drug-likeness (QED) is 0.647. The molecule has 2 N–H and O–H groups in total. The van der Waals surface area contributed by atoms with E-state index in [1.807, 2.05) is 0 Å². The van der Waals surface area contributed by atoms with Crippen molar-refractivity contribution in [2.75, 3.05) is 13.2 Å². The van der Waals surface area contributed by atoms with E-state index in [1.54, 1.807) is 0 Å². The molecule has 0 heterocycles. The SMILES string of the molecule is CCC(CCO)NCC(C)(C)CCC#N. The highest BCUT2D eigenvalue weighted by molar-refractivity contribution is 4.80. The van der Waals surface area contributed by atoms with Crippen LogP contribution >= 0.6 is 0 Å².